The molecule has 1 rings (SSSR count). The number of anilines is 1. The van der Waals surface area contributed by atoms with Crippen molar-refractivity contribution in [2.75, 3.05) is 26.0 Å². The summed E-state index contributed by atoms with van der Waals surface area (Å²) in [7, 11) is 3.41. The van der Waals surface area contributed by atoms with Crippen molar-refractivity contribution in [2.24, 2.45) is 0 Å². The van der Waals surface area contributed by atoms with Gasteiger partial charge in [-0.25, -0.2) is 4.98 Å². The number of aromatic nitrogens is 2. The fraction of sp³-hybridized carbons (Fsp3) is 0.615. The van der Waals surface area contributed by atoms with Crippen LogP contribution in [-0.2, 0) is 10.3 Å². The lowest BCUT2D eigenvalue weighted by molar-refractivity contribution is -0.128. The van der Waals surface area contributed by atoms with Gasteiger partial charge in [0.05, 0.1) is 0 Å². The normalized spacial score (nSPS) is 11.2. The van der Waals surface area contributed by atoms with E-state index in [1.54, 1.807) is 31.1 Å². The van der Waals surface area contributed by atoms with Gasteiger partial charge in [0.1, 0.15) is 0 Å². The molecule has 1 aromatic heterocycles. The molecule has 0 aliphatic rings. The second-order valence-electron chi connectivity index (χ2n) is 5.59. The molecule has 1 aromatic rings. The molecule has 0 radical (unpaired) electrons. The Hall–Kier alpha value is -1.85. The molecule has 0 bridgehead atoms. The van der Waals surface area contributed by atoms with Gasteiger partial charge in [0.15, 0.2) is 5.82 Å². The molecule has 6 nitrogen and oxygen atoms in total. The summed E-state index contributed by atoms with van der Waals surface area (Å²) in [5.74, 6) is 0.295. The molecule has 0 saturated heterocycles. The Balaban J connectivity index is 2.76. The molecule has 1 amide bonds. The van der Waals surface area contributed by atoms with E-state index in [1.807, 2.05) is 20.8 Å². The summed E-state index contributed by atoms with van der Waals surface area (Å²) in [6.07, 6.45) is 3.58. The Kier molecular flexibility index (Phi) is 4.69. The van der Waals surface area contributed by atoms with Crippen LogP contribution in [0.25, 0.3) is 0 Å². The van der Waals surface area contributed by atoms with Gasteiger partial charge in [0, 0.05) is 45.0 Å². The predicted molar refractivity (Wildman–Crippen MR) is 75.3 cm³/mol. The molecule has 0 aliphatic carbocycles. The van der Waals surface area contributed by atoms with Gasteiger partial charge < -0.3 is 14.8 Å². The third-order valence-corrected chi connectivity index (χ3v) is 2.69. The first-order valence-electron chi connectivity index (χ1n) is 6.25. The highest BCUT2D eigenvalue weighted by Crippen LogP contribution is 2.10. The van der Waals surface area contributed by atoms with Crippen LogP contribution in [0, 0.1) is 0 Å². The van der Waals surface area contributed by atoms with Crippen LogP contribution in [0.4, 0.5) is 5.82 Å². The number of nitrogens with one attached hydrogen (secondary N) is 1. The van der Waals surface area contributed by atoms with Crippen molar-refractivity contribution in [2.45, 2.75) is 32.7 Å². The third kappa shape index (κ3) is 4.08. The second-order valence-corrected chi connectivity index (χ2v) is 5.59. The van der Waals surface area contributed by atoms with Crippen LogP contribution in [-0.4, -0.2) is 41.0 Å². The average Bonchev–Trinajstić information content (AvgIpc) is 2.29. The van der Waals surface area contributed by atoms with Crippen molar-refractivity contribution in [1.82, 2.24) is 14.5 Å². The molecular formula is C13H22N4O2. The van der Waals surface area contributed by atoms with Gasteiger partial charge in [-0.15, -0.1) is 0 Å². The number of hydrogen-bond donors (Lipinski definition) is 1. The Morgan fingerprint density at radius 2 is 2.05 bits per heavy atom. The van der Waals surface area contributed by atoms with E-state index in [-0.39, 0.29) is 22.8 Å². The smallest absolute Gasteiger partial charge is 0.293 e. The highest BCUT2D eigenvalue weighted by atomic mass is 16.2. The van der Waals surface area contributed by atoms with E-state index in [2.05, 4.69) is 10.3 Å². The van der Waals surface area contributed by atoms with E-state index in [4.69, 9.17) is 0 Å². The Bertz CT molecular complexity index is 500. The lowest BCUT2D eigenvalue weighted by Gasteiger charge is -2.22. The molecular weight excluding hydrogens is 244 g/mol. The first kappa shape index (κ1) is 15.2. The van der Waals surface area contributed by atoms with Crippen molar-refractivity contribution < 1.29 is 4.79 Å². The van der Waals surface area contributed by atoms with E-state index in [0.29, 0.717) is 13.0 Å². The lowest BCUT2D eigenvalue weighted by Crippen LogP contribution is -2.35. The van der Waals surface area contributed by atoms with Crippen molar-refractivity contribution in [3.05, 3.63) is 22.7 Å². The zero-order chi connectivity index (χ0) is 14.6. The first-order chi connectivity index (χ1) is 8.73. The minimum Gasteiger partial charge on any atom is -0.365 e. The van der Waals surface area contributed by atoms with E-state index in [0.717, 1.165) is 0 Å². The van der Waals surface area contributed by atoms with Crippen molar-refractivity contribution in [1.29, 1.82) is 0 Å². The quantitative estimate of drug-likeness (QED) is 0.879. The van der Waals surface area contributed by atoms with E-state index < -0.39 is 0 Å². The molecule has 0 atom stereocenters. The molecule has 6 heteroatoms. The van der Waals surface area contributed by atoms with Crippen LogP contribution in [0.1, 0.15) is 27.2 Å². The minimum absolute atomic E-state index is 0.0135. The van der Waals surface area contributed by atoms with Crippen molar-refractivity contribution >= 4 is 11.7 Å². The topological polar surface area (TPSA) is 67.2 Å². The molecule has 0 aromatic carbocycles. The molecule has 0 unspecified atom stereocenters. The SMILES string of the molecule is CN(C)C(=O)CCNc1nccn(C(C)(C)C)c1=O. The Morgan fingerprint density at radius 1 is 1.42 bits per heavy atom. The molecule has 1 N–H and O–H groups in total. The standard InChI is InChI=1S/C13H22N4O2/c1-13(2,3)17-9-8-15-11(12(17)19)14-7-6-10(18)16(4)5/h8-9H,6-7H2,1-5H3,(H,14,15). The Labute approximate surface area is 113 Å². The minimum atomic E-state index is -0.296. The molecule has 0 saturated carbocycles. The zero-order valence-corrected chi connectivity index (χ0v) is 12.2. The molecule has 19 heavy (non-hydrogen) atoms. The van der Waals surface area contributed by atoms with Crippen LogP contribution in [0.2, 0.25) is 0 Å². The fourth-order valence-corrected chi connectivity index (χ4v) is 1.57. The number of carbonyl (C=O) groups is 1. The third-order valence-electron chi connectivity index (χ3n) is 2.69. The van der Waals surface area contributed by atoms with Gasteiger partial charge in [0.2, 0.25) is 5.91 Å². The Morgan fingerprint density at radius 3 is 2.58 bits per heavy atom. The monoisotopic (exact) mass is 266 g/mol. The van der Waals surface area contributed by atoms with E-state index >= 15 is 0 Å². The van der Waals surface area contributed by atoms with Crippen LogP contribution < -0.4 is 10.9 Å². The average molecular weight is 266 g/mol. The fourth-order valence-electron chi connectivity index (χ4n) is 1.57. The maximum Gasteiger partial charge on any atom is 0.293 e. The molecule has 0 spiro atoms. The van der Waals surface area contributed by atoms with E-state index in [9.17, 15) is 9.59 Å². The molecule has 106 valence electrons. The number of hydrogen-bond acceptors (Lipinski definition) is 4. The highest BCUT2D eigenvalue weighted by molar-refractivity contribution is 5.76. The zero-order valence-electron chi connectivity index (χ0n) is 12.2. The largest absolute Gasteiger partial charge is 0.365 e. The van der Waals surface area contributed by atoms with Gasteiger partial charge in [-0.1, -0.05) is 0 Å². The van der Waals surface area contributed by atoms with Crippen molar-refractivity contribution in [3.8, 4) is 0 Å². The van der Waals surface area contributed by atoms with Crippen molar-refractivity contribution in [3.63, 3.8) is 0 Å². The summed E-state index contributed by atoms with van der Waals surface area (Å²) in [5.41, 5.74) is -0.470. The summed E-state index contributed by atoms with van der Waals surface area (Å²) in [6.45, 7) is 6.25. The first-order valence-corrected chi connectivity index (χ1v) is 6.25. The lowest BCUT2D eigenvalue weighted by atomic mass is 10.1. The highest BCUT2D eigenvalue weighted by Gasteiger charge is 2.16. The van der Waals surface area contributed by atoms with Crippen LogP contribution >= 0.6 is 0 Å². The predicted octanol–water partition coefficient (Wildman–Crippen LogP) is 0.888. The summed E-state index contributed by atoms with van der Waals surface area (Å²) < 4.78 is 1.62. The van der Waals surface area contributed by atoms with Crippen LogP contribution in [0.3, 0.4) is 0 Å². The van der Waals surface area contributed by atoms with Gasteiger partial charge >= 0.3 is 0 Å². The number of amides is 1. The van der Waals surface area contributed by atoms with Gasteiger partial charge in [0.25, 0.3) is 5.56 Å². The summed E-state index contributed by atoms with van der Waals surface area (Å²) in [4.78, 5) is 29.1. The number of carbonyl (C=O) groups excluding carboxylic acids is 1. The summed E-state index contributed by atoms with van der Waals surface area (Å²) in [6, 6.07) is 0. The van der Waals surface area contributed by atoms with Gasteiger partial charge in [-0.3, -0.25) is 9.59 Å². The molecule has 0 fully saturated rings. The van der Waals surface area contributed by atoms with Crippen LogP contribution in [0.15, 0.2) is 17.2 Å². The van der Waals surface area contributed by atoms with Gasteiger partial charge in [-0.2, -0.15) is 0 Å². The maximum atomic E-state index is 12.2. The van der Waals surface area contributed by atoms with Gasteiger partial charge in [-0.05, 0) is 20.8 Å². The van der Waals surface area contributed by atoms with Crippen LogP contribution in [0.5, 0.6) is 0 Å². The number of rotatable bonds is 4. The molecule has 1 heterocycles. The van der Waals surface area contributed by atoms with E-state index in [1.165, 1.54) is 4.90 Å². The maximum absolute atomic E-state index is 12.2. The summed E-state index contributed by atoms with van der Waals surface area (Å²) >= 11 is 0. The number of nitrogens with zero attached hydrogens (tertiary/aromatic N) is 3. The molecule has 0 aliphatic heterocycles. The second kappa shape index (κ2) is 5.86. The summed E-state index contributed by atoms with van der Waals surface area (Å²) in [5, 5.41) is 2.92.